The van der Waals surface area contributed by atoms with E-state index in [1.807, 2.05) is 37.3 Å². The van der Waals surface area contributed by atoms with Crippen LogP contribution in [0.5, 0.6) is 0 Å². The van der Waals surface area contributed by atoms with Crippen LogP contribution in [0, 0.1) is 16.7 Å². The maximum atomic E-state index is 11.5. The van der Waals surface area contributed by atoms with E-state index < -0.39 is 15.4 Å². The van der Waals surface area contributed by atoms with Gasteiger partial charge in [0.25, 0.3) is 0 Å². The molecule has 0 bridgehead atoms. The summed E-state index contributed by atoms with van der Waals surface area (Å²) in [6, 6.07) is 16.2. The van der Waals surface area contributed by atoms with Crippen LogP contribution in [0.4, 0.5) is 17.5 Å². The Labute approximate surface area is 289 Å². The number of hydrogen-bond acceptors (Lipinski definition) is 11. The van der Waals surface area contributed by atoms with Crippen molar-refractivity contribution in [2.75, 3.05) is 48.5 Å². The van der Waals surface area contributed by atoms with Crippen LogP contribution >= 0.6 is 11.6 Å². The number of nitrogens with zero attached hydrogens (tertiary/aromatic N) is 4. The van der Waals surface area contributed by atoms with Crippen molar-refractivity contribution in [1.82, 2.24) is 20.3 Å². The number of methoxy groups -OCH3 is 1. The third-order valence-corrected chi connectivity index (χ3v) is 9.38. The highest BCUT2D eigenvalue weighted by Gasteiger charge is 2.28. The molecule has 3 aromatic heterocycles. The van der Waals surface area contributed by atoms with Crippen molar-refractivity contribution in [2.45, 2.75) is 77.1 Å². The Hall–Kier alpha value is -3.54. The van der Waals surface area contributed by atoms with Crippen molar-refractivity contribution in [3.63, 3.8) is 0 Å². The summed E-state index contributed by atoms with van der Waals surface area (Å²) in [4.78, 5) is 13.6. The quantitative estimate of drug-likeness (QED) is 0.126. The van der Waals surface area contributed by atoms with Gasteiger partial charge in [-0.2, -0.15) is 5.26 Å². The van der Waals surface area contributed by atoms with Gasteiger partial charge in [0, 0.05) is 50.1 Å². The molecule has 3 aromatic rings. The third-order valence-electron chi connectivity index (χ3n) is 8.50. The van der Waals surface area contributed by atoms with Gasteiger partial charge >= 0.3 is 0 Å². The summed E-state index contributed by atoms with van der Waals surface area (Å²) in [6.45, 7) is 5.92. The van der Waals surface area contributed by atoms with E-state index in [1.54, 1.807) is 25.4 Å². The van der Waals surface area contributed by atoms with Gasteiger partial charge < -0.3 is 25.4 Å². The minimum atomic E-state index is -3.38. The second kappa shape index (κ2) is 17.7. The van der Waals surface area contributed by atoms with Gasteiger partial charge in [-0.1, -0.05) is 30.7 Å². The van der Waals surface area contributed by atoms with Gasteiger partial charge in [-0.25, -0.2) is 23.4 Å². The minimum Gasteiger partial charge on any atom is -0.385 e. The number of hydrogen-bond donors (Lipinski definition) is 4. The molecular formula is C34H47ClN8O4S. The van der Waals surface area contributed by atoms with E-state index in [9.17, 15) is 13.7 Å². The predicted octanol–water partition coefficient (Wildman–Crippen LogP) is 5.85. The zero-order valence-electron chi connectivity index (χ0n) is 28.1. The average molecular weight is 699 g/mol. The monoisotopic (exact) mass is 698 g/mol. The van der Waals surface area contributed by atoms with E-state index in [4.69, 9.17) is 26.1 Å². The number of aromatic nitrogens is 3. The number of halogens is 1. The standard InChI is InChI=1S/C34H47ClN8O4S/c1-5-34(22-36,16-17-46-3)23-38-31-10-7-9-30(42-31)28-18-33(37-19-29(28)35)40-26-14-12-25(13-15-26)39-24(2)20-47-21-27-8-6-11-32(41-27)43-48(4,44)45/h6-11,18-19,24-26,39H,5,12-17,20-21,23H2,1-4H3,(H,37,40)(H,38,42)(H,41,43)/t24-,25-,26-,34?/m1/s1. The second-order valence-electron chi connectivity index (χ2n) is 12.5. The van der Waals surface area contributed by atoms with E-state index in [0.717, 1.165) is 49.0 Å². The van der Waals surface area contributed by atoms with E-state index in [1.165, 1.54) is 0 Å². The molecule has 3 heterocycles. The zero-order chi connectivity index (χ0) is 34.6. The molecular weight excluding hydrogens is 652 g/mol. The normalized spacial score (nSPS) is 18.3. The molecule has 4 rings (SSSR count). The Morgan fingerprint density at radius 1 is 1.08 bits per heavy atom. The van der Waals surface area contributed by atoms with Crippen molar-refractivity contribution >= 4 is 39.1 Å². The molecule has 1 aliphatic carbocycles. The number of sulfonamides is 1. The van der Waals surface area contributed by atoms with Gasteiger partial charge in [-0.05, 0) is 75.8 Å². The SMILES string of the molecule is CCC(C#N)(CCOC)CNc1cccc(-c2cc(N[C@H]3CC[C@H](N[C@H](C)COCc4cccc(NS(C)(=O)=O)n4)CC3)ncc2Cl)n1. The van der Waals surface area contributed by atoms with E-state index in [2.05, 4.69) is 43.6 Å². The Bertz CT molecular complexity index is 1630. The highest BCUT2D eigenvalue weighted by atomic mass is 35.5. The summed E-state index contributed by atoms with van der Waals surface area (Å²) < 4.78 is 36.4. The van der Waals surface area contributed by atoms with Crippen LogP contribution in [0.15, 0.2) is 48.7 Å². The molecule has 1 unspecified atom stereocenters. The van der Waals surface area contributed by atoms with E-state index in [0.29, 0.717) is 61.8 Å². The molecule has 12 nitrogen and oxygen atoms in total. The Morgan fingerprint density at radius 3 is 2.52 bits per heavy atom. The fraction of sp³-hybridized carbons (Fsp3) is 0.529. The smallest absolute Gasteiger partial charge is 0.230 e. The van der Waals surface area contributed by atoms with Crippen LogP contribution in [0.25, 0.3) is 11.3 Å². The lowest BCUT2D eigenvalue weighted by molar-refractivity contribution is 0.0952. The molecule has 0 aromatic carbocycles. The topological polar surface area (TPSA) is 163 Å². The second-order valence-corrected chi connectivity index (χ2v) is 14.6. The lowest BCUT2D eigenvalue weighted by Crippen LogP contribution is -2.43. The van der Waals surface area contributed by atoms with Crippen molar-refractivity contribution in [3.05, 3.63) is 59.4 Å². The van der Waals surface area contributed by atoms with Gasteiger partial charge in [-0.15, -0.1) is 0 Å². The number of anilines is 3. The minimum absolute atomic E-state index is 0.152. The highest BCUT2D eigenvalue weighted by molar-refractivity contribution is 7.92. The Balaban J connectivity index is 1.25. The molecule has 2 atom stereocenters. The van der Waals surface area contributed by atoms with Gasteiger partial charge in [0.15, 0.2) is 0 Å². The predicted molar refractivity (Wildman–Crippen MR) is 190 cm³/mol. The summed E-state index contributed by atoms with van der Waals surface area (Å²) >= 11 is 6.59. The number of nitriles is 1. The highest BCUT2D eigenvalue weighted by Crippen LogP contribution is 2.31. The first-order valence-corrected chi connectivity index (χ1v) is 18.6. The molecule has 4 N–H and O–H groups in total. The van der Waals surface area contributed by atoms with Crippen molar-refractivity contribution in [2.24, 2.45) is 5.41 Å². The molecule has 260 valence electrons. The van der Waals surface area contributed by atoms with Gasteiger partial charge in [0.1, 0.15) is 17.5 Å². The van der Waals surface area contributed by atoms with Crippen molar-refractivity contribution in [3.8, 4) is 17.3 Å². The molecule has 48 heavy (non-hydrogen) atoms. The van der Waals surface area contributed by atoms with Gasteiger partial charge in [0.05, 0.1) is 47.4 Å². The lowest BCUT2D eigenvalue weighted by Gasteiger charge is -2.32. The van der Waals surface area contributed by atoms with Crippen molar-refractivity contribution < 1.29 is 17.9 Å². The first kappa shape index (κ1) is 37.3. The van der Waals surface area contributed by atoms with E-state index >= 15 is 0 Å². The first-order chi connectivity index (χ1) is 23.0. The molecule has 0 saturated heterocycles. The molecule has 0 spiro atoms. The van der Waals surface area contributed by atoms with Gasteiger partial charge in [0.2, 0.25) is 10.0 Å². The maximum absolute atomic E-state index is 11.5. The first-order valence-electron chi connectivity index (χ1n) is 16.3. The summed E-state index contributed by atoms with van der Waals surface area (Å²) in [7, 11) is -1.74. The Kier molecular flexibility index (Phi) is 13.8. The largest absolute Gasteiger partial charge is 0.385 e. The summed E-state index contributed by atoms with van der Waals surface area (Å²) in [5.74, 6) is 1.72. The summed E-state index contributed by atoms with van der Waals surface area (Å²) in [5, 5.41) is 21.0. The molecule has 1 aliphatic rings. The number of ether oxygens (including phenoxy) is 2. The average Bonchev–Trinajstić information content (AvgIpc) is 3.06. The molecule has 0 aliphatic heterocycles. The number of pyridine rings is 3. The third kappa shape index (κ3) is 11.6. The summed E-state index contributed by atoms with van der Waals surface area (Å²) in [5.41, 5.74) is 1.64. The number of rotatable bonds is 18. The maximum Gasteiger partial charge on any atom is 0.230 e. The van der Waals surface area contributed by atoms with Crippen LogP contribution in [-0.2, 0) is 26.1 Å². The van der Waals surface area contributed by atoms with Crippen LogP contribution in [0.3, 0.4) is 0 Å². The lowest BCUT2D eigenvalue weighted by atomic mass is 9.83. The van der Waals surface area contributed by atoms with Crippen LogP contribution in [0.1, 0.15) is 58.1 Å². The molecule has 1 fully saturated rings. The molecule has 1 saturated carbocycles. The van der Waals surface area contributed by atoms with Crippen LogP contribution in [-0.4, -0.2) is 74.6 Å². The fourth-order valence-electron chi connectivity index (χ4n) is 5.73. The molecule has 14 heteroatoms. The zero-order valence-corrected chi connectivity index (χ0v) is 29.7. The van der Waals surface area contributed by atoms with Crippen LogP contribution < -0.4 is 20.7 Å². The summed E-state index contributed by atoms with van der Waals surface area (Å²) in [6.07, 6.45) is 8.13. The van der Waals surface area contributed by atoms with Crippen molar-refractivity contribution in [1.29, 1.82) is 5.26 Å². The molecule has 0 amide bonds. The van der Waals surface area contributed by atoms with E-state index in [-0.39, 0.29) is 17.9 Å². The fourth-order valence-corrected chi connectivity index (χ4v) is 6.42. The van der Waals surface area contributed by atoms with Crippen LogP contribution in [0.2, 0.25) is 5.02 Å². The Morgan fingerprint density at radius 2 is 1.81 bits per heavy atom. The number of nitrogens with one attached hydrogen (secondary N) is 4. The van der Waals surface area contributed by atoms with Gasteiger partial charge in [-0.3, -0.25) is 4.72 Å². The molecule has 0 radical (unpaired) electrons.